The van der Waals surface area contributed by atoms with Crippen LogP contribution in [0.25, 0.3) is 17.2 Å². The third-order valence-electron chi connectivity index (χ3n) is 3.97. The van der Waals surface area contributed by atoms with Gasteiger partial charge in [-0.05, 0) is 36.2 Å². The summed E-state index contributed by atoms with van der Waals surface area (Å²) in [5.74, 6) is -1.05. The number of carbonyl (C=O) groups excluding carboxylic acids is 1. The minimum absolute atomic E-state index is 0.238. The van der Waals surface area contributed by atoms with Gasteiger partial charge in [-0.2, -0.15) is 0 Å². The predicted molar refractivity (Wildman–Crippen MR) is 107 cm³/mol. The Kier molecular flexibility index (Phi) is 7.45. The first kappa shape index (κ1) is 20.8. The quantitative estimate of drug-likeness (QED) is 0.468. The number of hydrogen-bond acceptors (Lipinski definition) is 3. The molecule has 28 heavy (non-hydrogen) atoms. The van der Waals surface area contributed by atoms with Gasteiger partial charge in [0.25, 0.3) is 0 Å². The highest BCUT2D eigenvalue weighted by atomic mass is 19.1. The van der Waals surface area contributed by atoms with Crippen LogP contribution in [0.5, 0.6) is 0 Å². The Hall–Kier alpha value is -3.48. The maximum absolute atomic E-state index is 13.8. The Labute approximate surface area is 162 Å². The third kappa shape index (κ3) is 6.05. The first-order valence-electron chi connectivity index (χ1n) is 8.72. The van der Waals surface area contributed by atoms with Crippen LogP contribution in [0.2, 0.25) is 0 Å². The number of halogens is 1. The maximum Gasteiger partial charge on any atom is 0.404 e. The second kappa shape index (κ2) is 10.0. The number of hydrogen-bond donors (Lipinski definition) is 3. The summed E-state index contributed by atoms with van der Waals surface area (Å²) < 4.78 is 13.8. The summed E-state index contributed by atoms with van der Waals surface area (Å²) in [7, 11) is 0. The van der Waals surface area contributed by atoms with Gasteiger partial charge in [-0.1, -0.05) is 25.2 Å². The fraction of sp³-hybridized carbons (Fsp3) is 0.190. The molecular formula is C21H22FN3O3. The largest absolute Gasteiger partial charge is 0.465 e. The smallest absolute Gasteiger partial charge is 0.404 e. The molecule has 146 valence electrons. The van der Waals surface area contributed by atoms with E-state index in [-0.39, 0.29) is 11.8 Å². The molecule has 6 nitrogen and oxygen atoms in total. The van der Waals surface area contributed by atoms with Crippen LogP contribution >= 0.6 is 0 Å². The Morgan fingerprint density at radius 3 is 2.82 bits per heavy atom. The van der Waals surface area contributed by atoms with E-state index in [1.165, 1.54) is 24.3 Å². The highest BCUT2D eigenvalue weighted by molar-refractivity contribution is 5.97. The number of benzene rings is 1. The van der Waals surface area contributed by atoms with Crippen molar-refractivity contribution in [3.05, 3.63) is 66.8 Å². The summed E-state index contributed by atoms with van der Waals surface area (Å²) in [6, 6.07) is 5.95. The lowest BCUT2D eigenvalue weighted by Crippen LogP contribution is -2.21. The van der Waals surface area contributed by atoms with Gasteiger partial charge in [0.15, 0.2) is 0 Å². The minimum Gasteiger partial charge on any atom is -0.465 e. The summed E-state index contributed by atoms with van der Waals surface area (Å²) in [6.45, 7) is 5.63. The Bertz CT molecular complexity index is 896. The monoisotopic (exact) mass is 383 g/mol. The van der Waals surface area contributed by atoms with Crippen LogP contribution in [0.15, 0.2) is 55.4 Å². The number of aromatic nitrogens is 1. The Morgan fingerprint density at radius 1 is 1.32 bits per heavy atom. The van der Waals surface area contributed by atoms with Crippen LogP contribution in [0.1, 0.15) is 18.9 Å². The van der Waals surface area contributed by atoms with Crippen molar-refractivity contribution < 1.29 is 19.1 Å². The van der Waals surface area contributed by atoms with E-state index >= 15 is 0 Å². The molecule has 2 aromatic rings. The first-order chi connectivity index (χ1) is 13.4. The molecule has 2 amide bonds. The van der Waals surface area contributed by atoms with E-state index in [0.717, 1.165) is 5.56 Å². The molecule has 0 bridgehead atoms. The molecule has 0 aliphatic rings. The molecule has 7 heteroatoms. The predicted octanol–water partition coefficient (Wildman–Crippen LogP) is 4.32. The number of anilines is 1. The maximum atomic E-state index is 13.8. The average molecular weight is 383 g/mol. The van der Waals surface area contributed by atoms with Crippen molar-refractivity contribution >= 4 is 23.8 Å². The Morgan fingerprint density at radius 2 is 2.11 bits per heavy atom. The zero-order valence-corrected chi connectivity index (χ0v) is 15.5. The van der Waals surface area contributed by atoms with Gasteiger partial charge < -0.3 is 15.7 Å². The van der Waals surface area contributed by atoms with E-state index in [0.29, 0.717) is 29.8 Å². The second-order valence-electron chi connectivity index (χ2n) is 6.13. The number of carboxylic acid groups (broad SMARTS) is 1. The summed E-state index contributed by atoms with van der Waals surface area (Å²) in [5.41, 5.74) is 2.41. The van der Waals surface area contributed by atoms with Crippen molar-refractivity contribution in [3.8, 4) is 11.1 Å². The first-order valence-corrected chi connectivity index (χ1v) is 8.72. The molecule has 1 aromatic heterocycles. The lowest BCUT2D eigenvalue weighted by Gasteiger charge is -2.13. The lowest BCUT2D eigenvalue weighted by molar-refractivity contribution is -0.118. The van der Waals surface area contributed by atoms with Crippen LogP contribution in [-0.2, 0) is 4.79 Å². The normalized spacial score (nSPS) is 11.8. The van der Waals surface area contributed by atoms with Crippen molar-refractivity contribution in [2.45, 2.75) is 13.3 Å². The zero-order chi connectivity index (χ0) is 20.5. The molecule has 0 radical (unpaired) electrons. The van der Waals surface area contributed by atoms with Gasteiger partial charge in [-0.15, -0.1) is 6.58 Å². The van der Waals surface area contributed by atoms with Gasteiger partial charge in [-0.3, -0.25) is 9.78 Å². The van der Waals surface area contributed by atoms with E-state index in [9.17, 15) is 14.0 Å². The summed E-state index contributed by atoms with van der Waals surface area (Å²) in [5, 5.41) is 13.6. The van der Waals surface area contributed by atoms with E-state index in [1.54, 1.807) is 25.4 Å². The molecule has 1 heterocycles. The topological polar surface area (TPSA) is 91.3 Å². The van der Waals surface area contributed by atoms with Crippen molar-refractivity contribution in [2.24, 2.45) is 5.92 Å². The SMILES string of the molecule is C=C[C@@H](C)C(=O)Nc1ccc(F)cc1-c1cncc(C=CCCNC(=O)O)c1. The minimum atomic E-state index is -1.07. The number of carbonyl (C=O) groups is 2. The number of rotatable bonds is 8. The van der Waals surface area contributed by atoms with Gasteiger partial charge in [0.2, 0.25) is 5.91 Å². The molecule has 1 aromatic carbocycles. The number of nitrogens with zero attached hydrogens (tertiary/aromatic N) is 1. The summed E-state index contributed by atoms with van der Waals surface area (Å²) in [4.78, 5) is 26.8. The molecule has 0 fully saturated rings. The lowest BCUT2D eigenvalue weighted by atomic mass is 10.0. The standard InChI is InChI=1S/C21H22FN3O3/c1-3-14(2)20(26)25-19-8-7-17(22)11-18(19)16-10-15(12-23-13-16)6-4-5-9-24-21(27)28/h3-4,6-8,10-14,24H,1,5,9H2,2H3,(H,25,26)(H,27,28)/t14-/m1/s1. The average Bonchev–Trinajstić information content (AvgIpc) is 2.68. The van der Waals surface area contributed by atoms with Crippen LogP contribution in [-0.4, -0.2) is 28.6 Å². The summed E-state index contributed by atoms with van der Waals surface area (Å²) >= 11 is 0. The molecule has 0 unspecified atom stereocenters. The van der Waals surface area contributed by atoms with Crippen molar-refractivity contribution in [2.75, 3.05) is 11.9 Å². The van der Waals surface area contributed by atoms with Crippen LogP contribution in [0.3, 0.4) is 0 Å². The third-order valence-corrected chi connectivity index (χ3v) is 3.97. The van der Waals surface area contributed by atoms with Gasteiger partial charge in [0, 0.05) is 35.8 Å². The molecule has 0 saturated carbocycles. The van der Waals surface area contributed by atoms with Gasteiger partial charge in [0.05, 0.1) is 5.92 Å². The number of nitrogens with one attached hydrogen (secondary N) is 2. The molecule has 3 N–H and O–H groups in total. The van der Waals surface area contributed by atoms with Crippen molar-refractivity contribution in [3.63, 3.8) is 0 Å². The van der Waals surface area contributed by atoms with Gasteiger partial charge >= 0.3 is 6.09 Å². The van der Waals surface area contributed by atoms with Crippen molar-refractivity contribution in [1.82, 2.24) is 10.3 Å². The van der Waals surface area contributed by atoms with Gasteiger partial charge in [-0.25, -0.2) is 9.18 Å². The Balaban J connectivity index is 2.23. The molecule has 2 rings (SSSR count). The van der Waals surface area contributed by atoms with E-state index < -0.39 is 11.9 Å². The highest BCUT2D eigenvalue weighted by Crippen LogP contribution is 2.29. The molecule has 0 saturated heterocycles. The molecule has 0 aliphatic carbocycles. The van der Waals surface area contributed by atoms with E-state index in [1.807, 2.05) is 12.1 Å². The van der Waals surface area contributed by atoms with Gasteiger partial charge in [0.1, 0.15) is 5.82 Å². The van der Waals surface area contributed by atoms with Crippen LogP contribution in [0, 0.1) is 11.7 Å². The molecule has 0 aliphatic heterocycles. The van der Waals surface area contributed by atoms with Crippen LogP contribution in [0.4, 0.5) is 14.9 Å². The zero-order valence-electron chi connectivity index (χ0n) is 15.5. The molecule has 0 spiro atoms. The highest BCUT2D eigenvalue weighted by Gasteiger charge is 2.13. The number of amides is 2. The van der Waals surface area contributed by atoms with Crippen LogP contribution < -0.4 is 10.6 Å². The summed E-state index contributed by atoms with van der Waals surface area (Å²) in [6.07, 6.45) is 7.84. The molecule has 1 atom stereocenters. The fourth-order valence-corrected chi connectivity index (χ4v) is 2.40. The molecular weight excluding hydrogens is 361 g/mol. The van der Waals surface area contributed by atoms with Crippen molar-refractivity contribution in [1.29, 1.82) is 0 Å². The van der Waals surface area contributed by atoms with E-state index in [2.05, 4.69) is 22.2 Å². The fourth-order valence-electron chi connectivity index (χ4n) is 2.40. The van der Waals surface area contributed by atoms with E-state index in [4.69, 9.17) is 5.11 Å². The second-order valence-corrected chi connectivity index (χ2v) is 6.13. The number of pyridine rings is 1.